The van der Waals surface area contributed by atoms with Gasteiger partial charge in [0.1, 0.15) is 5.82 Å². The molecule has 2 aromatic carbocycles. The third-order valence-corrected chi connectivity index (χ3v) is 7.01. The second kappa shape index (κ2) is 9.33. The summed E-state index contributed by atoms with van der Waals surface area (Å²) < 4.78 is 1.69. The number of carbonyl (C=O) groups excluding carboxylic acids is 1. The number of rotatable bonds is 4. The number of H-pyrrole nitrogens is 1. The van der Waals surface area contributed by atoms with Crippen molar-refractivity contribution in [2.45, 2.75) is 58.4 Å². The Morgan fingerprint density at radius 1 is 1.03 bits per heavy atom. The molecule has 1 N–H and O–H groups in total. The van der Waals surface area contributed by atoms with E-state index in [4.69, 9.17) is 4.98 Å². The van der Waals surface area contributed by atoms with Gasteiger partial charge in [-0.05, 0) is 48.4 Å². The lowest BCUT2D eigenvalue weighted by atomic mass is 9.87. The largest absolute Gasteiger partial charge is 0.339 e. The predicted molar refractivity (Wildman–Crippen MR) is 139 cm³/mol. The van der Waals surface area contributed by atoms with E-state index in [1.807, 2.05) is 36.1 Å². The average molecular weight is 485 g/mol. The fraction of sp³-hybridized carbons (Fsp3) is 0.393. The van der Waals surface area contributed by atoms with Crippen LogP contribution in [0.25, 0.3) is 11.2 Å². The summed E-state index contributed by atoms with van der Waals surface area (Å²) in [5.41, 5.74) is 4.72. The zero-order valence-corrected chi connectivity index (χ0v) is 21.3. The molecule has 0 unspecified atom stereocenters. The van der Waals surface area contributed by atoms with Crippen molar-refractivity contribution in [1.29, 1.82) is 0 Å². The maximum atomic E-state index is 12.9. The number of aromatic amines is 1. The number of hydrogen-bond donors (Lipinski definition) is 1. The Labute approximate surface area is 210 Å². The number of piperidine rings is 1. The smallest absolute Gasteiger partial charge is 0.281 e. The van der Waals surface area contributed by atoms with Gasteiger partial charge in [0.15, 0.2) is 11.2 Å². The summed E-state index contributed by atoms with van der Waals surface area (Å²) in [5, 5.41) is 8.30. The zero-order valence-electron chi connectivity index (χ0n) is 21.3. The van der Waals surface area contributed by atoms with Crippen molar-refractivity contribution in [3.05, 3.63) is 87.0 Å². The molecule has 0 aliphatic carbocycles. The lowest BCUT2D eigenvalue weighted by molar-refractivity contribution is 0.0711. The Morgan fingerprint density at radius 3 is 2.33 bits per heavy atom. The van der Waals surface area contributed by atoms with E-state index < -0.39 is 0 Å². The molecule has 0 spiro atoms. The molecule has 8 heteroatoms. The van der Waals surface area contributed by atoms with E-state index in [1.54, 1.807) is 4.68 Å². The molecule has 0 bridgehead atoms. The molecule has 3 heterocycles. The van der Waals surface area contributed by atoms with Crippen LogP contribution in [0.15, 0.2) is 53.3 Å². The van der Waals surface area contributed by atoms with Gasteiger partial charge in [-0.2, -0.15) is 0 Å². The first-order chi connectivity index (χ1) is 17.2. The molecule has 0 saturated carbocycles. The van der Waals surface area contributed by atoms with Crippen LogP contribution in [0.1, 0.15) is 72.4 Å². The highest BCUT2D eigenvalue weighted by Crippen LogP contribution is 2.27. The number of likely N-dealkylation sites (tertiary alicyclic amines) is 1. The lowest BCUT2D eigenvalue weighted by Crippen LogP contribution is -2.38. The number of hydrogen-bond acceptors (Lipinski definition) is 5. The van der Waals surface area contributed by atoms with Crippen molar-refractivity contribution in [3.63, 3.8) is 0 Å². The molecule has 2 aromatic heterocycles. The molecule has 1 fully saturated rings. The van der Waals surface area contributed by atoms with E-state index in [-0.39, 0.29) is 28.3 Å². The van der Waals surface area contributed by atoms with Gasteiger partial charge in [-0.1, -0.05) is 67.9 Å². The molecule has 1 amide bonds. The van der Waals surface area contributed by atoms with Crippen LogP contribution in [0.3, 0.4) is 0 Å². The number of carbonyl (C=O) groups is 1. The van der Waals surface area contributed by atoms with Gasteiger partial charge < -0.3 is 9.88 Å². The second-order valence-electron chi connectivity index (χ2n) is 10.7. The zero-order chi connectivity index (χ0) is 25.4. The van der Waals surface area contributed by atoms with Crippen LogP contribution in [-0.2, 0) is 12.0 Å². The quantitative estimate of drug-likeness (QED) is 0.469. The molecule has 1 aliphatic rings. The minimum Gasteiger partial charge on any atom is -0.339 e. The normalized spacial score (nSPS) is 14.9. The first-order valence-corrected chi connectivity index (χ1v) is 12.5. The van der Waals surface area contributed by atoms with Gasteiger partial charge in [-0.15, -0.1) is 5.10 Å². The van der Waals surface area contributed by atoms with Gasteiger partial charge in [0.25, 0.3) is 11.5 Å². The summed E-state index contributed by atoms with van der Waals surface area (Å²) in [6, 6.07) is 16.1. The van der Waals surface area contributed by atoms with Crippen LogP contribution < -0.4 is 5.56 Å². The van der Waals surface area contributed by atoms with E-state index in [2.05, 4.69) is 60.3 Å². The first-order valence-electron chi connectivity index (χ1n) is 12.5. The van der Waals surface area contributed by atoms with Crippen molar-refractivity contribution in [3.8, 4) is 0 Å². The van der Waals surface area contributed by atoms with E-state index >= 15 is 0 Å². The number of fused-ring (bicyclic) bond motifs is 1. The fourth-order valence-corrected chi connectivity index (χ4v) is 4.70. The third kappa shape index (κ3) is 4.80. The van der Waals surface area contributed by atoms with E-state index in [9.17, 15) is 9.59 Å². The van der Waals surface area contributed by atoms with Gasteiger partial charge in [-0.25, -0.2) is 9.67 Å². The summed E-state index contributed by atoms with van der Waals surface area (Å²) in [6.07, 6.45) is 1.48. The monoisotopic (exact) mass is 484 g/mol. The number of amides is 1. The Hall–Kier alpha value is -3.81. The minimum absolute atomic E-state index is 0.0464. The predicted octanol–water partition coefficient (Wildman–Crippen LogP) is 4.19. The standard InChI is InChI=1S/C28H32N6O2/c1-18-5-9-21(10-6-18)27(36)33-15-13-20(14-16-33)24-29-25-23(26(35)30-24)31-32-34(25)17-19-7-11-22(12-8-19)28(2,3)4/h5-12,20H,13-17H2,1-4H3,(H,29,30,35). The van der Waals surface area contributed by atoms with Gasteiger partial charge >= 0.3 is 0 Å². The van der Waals surface area contributed by atoms with Gasteiger partial charge in [0.2, 0.25) is 0 Å². The highest BCUT2D eigenvalue weighted by atomic mass is 16.2. The van der Waals surface area contributed by atoms with E-state index in [1.165, 1.54) is 5.56 Å². The summed E-state index contributed by atoms with van der Waals surface area (Å²) >= 11 is 0. The molecular formula is C28H32N6O2. The van der Waals surface area contributed by atoms with Crippen LogP contribution >= 0.6 is 0 Å². The molecule has 186 valence electrons. The number of aromatic nitrogens is 5. The summed E-state index contributed by atoms with van der Waals surface area (Å²) in [6.45, 7) is 10.3. The third-order valence-electron chi connectivity index (χ3n) is 7.01. The van der Waals surface area contributed by atoms with Crippen molar-refractivity contribution >= 4 is 17.1 Å². The minimum atomic E-state index is -0.275. The topological polar surface area (TPSA) is 96.8 Å². The maximum Gasteiger partial charge on any atom is 0.281 e. The van der Waals surface area contributed by atoms with Crippen LogP contribution in [0.4, 0.5) is 0 Å². The Bertz CT molecular complexity index is 1440. The first kappa shape index (κ1) is 23.9. The lowest BCUT2D eigenvalue weighted by Gasteiger charge is -2.31. The maximum absolute atomic E-state index is 12.9. The fourth-order valence-electron chi connectivity index (χ4n) is 4.70. The molecule has 5 rings (SSSR count). The van der Waals surface area contributed by atoms with Crippen molar-refractivity contribution in [2.75, 3.05) is 13.1 Å². The number of nitrogens with zero attached hydrogens (tertiary/aromatic N) is 5. The number of aryl methyl sites for hydroxylation is 1. The Morgan fingerprint density at radius 2 is 1.69 bits per heavy atom. The Balaban J connectivity index is 1.32. The summed E-state index contributed by atoms with van der Waals surface area (Å²) in [7, 11) is 0. The summed E-state index contributed by atoms with van der Waals surface area (Å²) in [5.74, 6) is 0.755. The molecular weight excluding hydrogens is 452 g/mol. The molecule has 4 aromatic rings. The van der Waals surface area contributed by atoms with Crippen molar-refractivity contribution < 1.29 is 4.79 Å². The SMILES string of the molecule is Cc1ccc(C(=O)N2CCC(c3nc4c(nnn4Cc4ccc(C(C)(C)C)cc4)c(=O)[nH]3)CC2)cc1. The Kier molecular flexibility index (Phi) is 6.20. The van der Waals surface area contributed by atoms with Gasteiger partial charge in [0, 0.05) is 24.6 Å². The second-order valence-corrected chi connectivity index (χ2v) is 10.7. The molecule has 8 nitrogen and oxygen atoms in total. The van der Waals surface area contributed by atoms with Crippen molar-refractivity contribution in [1.82, 2.24) is 29.9 Å². The van der Waals surface area contributed by atoms with Crippen molar-refractivity contribution in [2.24, 2.45) is 0 Å². The molecule has 0 atom stereocenters. The van der Waals surface area contributed by atoms with Crippen LogP contribution in [0.2, 0.25) is 0 Å². The molecule has 36 heavy (non-hydrogen) atoms. The van der Waals surface area contributed by atoms with Crippen LogP contribution in [0, 0.1) is 6.92 Å². The summed E-state index contributed by atoms with van der Waals surface area (Å²) in [4.78, 5) is 35.2. The van der Waals surface area contributed by atoms with E-state index in [0.717, 1.165) is 24.0 Å². The molecule has 0 radical (unpaired) electrons. The van der Waals surface area contributed by atoms with Gasteiger partial charge in [0.05, 0.1) is 6.54 Å². The number of benzene rings is 2. The van der Waals surface area contributed by atoms with Crippen LogP contribution in [0.5, 0.6) is 0 Å². The molecule has 1 saturated heterocycles. The number of nitrogens with one attached hydrogen (secondary N) is 1. The highest BCUT2D eigenvalue weighted by molar-refractivity contribution is 5.94. The molecule has 1 aliphatic heterocycles. The highest BCUT2D eigenvalue weighted by Gasteiger charge is 2.27. The van der Waals surface area contributed by atoms with Crippen LogP contribution in [-0.4, -0.2) is 48.9 Å². The van der Waals surface area contributed by atoms with E-state index in [0.29, 0.717) is 36.7 Å². The average Bonchev–Trinajstić information content (AvgIpc) is 3.27. The van der Waals surface area contributed by atoms with Gasteiger partial charge in [-0.3, -0.25) is 9.59 Å².